The number of carbonyl (C=O) groups excluding carboxylic acids is 3. The number of hydrogen-bond acceptors (Lipinski definition) is 4. The lowest BCUT2D eigenvalue weighted by Crippen LogP contribution is -2.54. The van der Waals surface area contributed by atoms with E-state index in [0.717, 1.165) is 23.7 Å². The van der Waals surface area contributed by atoms with Gasteiger partial charge in [-0.3, -0.25) is 14.9 Å². The van der Waals surface area contributed by atoms with Gasteiger partial charge in [0.25, 0.3) is 11.8 Å². The number of urea groups is 1. The molecule has 0 unspecified atom stereocenters. The minimum Gasteiger partial charge on any atom is -0.372 e. The van der Waals surface area contributed by atoms with Crippen LogP contribution < -0.4 is 15.1 Å². The first kappa shape index (κ1) is 20.6. The Morgan fingerprint density at radius 3 is 2.31 bits per heavy atom. The van der Waals surface area contributed by atoms with Gasteiger partial charge in [-0.15, -0.1) is 0 Å². The average Bonchev–Trinajstić information content (AvgIpc) is 2.70. The third kappa shape index (κ3) is 4.03. The highest BCUT2D eigenvalue weighted by molar-refractivity contribution is 6.39. The maximum atomic E-state index is 13.0. The molecule has 1 aliphatic heterocycles. The van der Waals surface area contributed by atoms with Crippen LogP contribution in [-0.4, -0.2) is 30.9 Å². The molecule has 0 aromatic heterocycles. The van der Waals surface area contributed by atoms with Gasteiger partial charge in [0, 0.05) is 23.8 Å². The summed E-state index contributed by atoms with van der Waals surface area (Å²) >= 11 is 6.13. The van der Waals surface area contributed by atoms with Crippen molar-refractivity contribution in [2.75, 3.05) is 22.9 Å². The number of imide groups is 2. The summed E-state index contributed by atoms with van der Waals surface area (Å²) in [6, 6.07) is 11.7. The molecular weight excluding hydrogens is 390 g/mol. The molecule has 1 saturated heterocycles. The van der Waals surface area contributed by atoms with E-state index in [0.29, 0.717) is 21.8 Å². The van der Waals surface area contributed by atoms with Crippen molar-refractivity contribution in [3.63, 3.8) is 0 Å². The van der Waals surface area contributed by atoms with Gasteiger partial charge in [-0.2, -0.15) is 0 Å². The predicted octanol–water partition coefficient (Wildman–Crippen LogP) is 4.16. The number of benzene rings is 2. The number of carbonyl (C=O) groups is 3. The Morgan fingerprint density at radius 1 is 1.03 bits per heavy atom. The fourth-order valence-electron chi connectivity index (χ4n) is 3.25. The van der Waals surface area contributed by atoms with E-state index in [9.17, 15) is 14.4 Å². The average molecular weight is 412 g/mol. The van der Waals surface area contributed by atoms with Crippen molar-refractivity contribution in [1.82, 2.24) is 5.32 Å². The van der Waals surface area contributed by atoms with Crippen molar-refractivity contribution >= 4 is 46.9 Å². The molecule has 6 nitrogen and oxygen atoms in total. The lowest BCUT2D eigenvalue weighted by Gasteiger charge is -2.27. The van der Waals surface area contributed by atoms with Crippen LogP contribution in [-0.2, 0) is 9.59 Å². The topological polar surface area (TPSA) is 69.7 Å². The zero-order valence-electron chi connectivity index (χ0n) is 16.5. The summed E-state index contributed by atoms with van der Waals surface area (Å²) in [7, 11) is 0. The Balaban J connectivity index is 1.96. The van der Waals surface area contributed by atoms with Crippen LogP contribution in [0.1, 0.15) is 25.0 Å². The van der Waals surface area contributed by atoms with Crippen LogP contribution in [0, 0.1) is 6.92 Å². The Hall–Kier alpha value is -3.12. The molecule has 1 fully saturated rings. The fourth-order valence-corrected chi connectivity index (χ4v) is 3.42. The van der Waals surface area contributed by atoms with Gasteiger partial charge in [-0.25, -0.2) is 9.69 Å². The first-order valence-electron chi connectivity index (χ1n) is 9.39. The molecule has 1 N–H and O–H groups in total. The molecule has 0 radical (unpaired) electrons. The number of halogens is 1. The van der Waals surface area contributed by atoms with Crippen LogP contribution in [0.3, 0.4) is 0 Å². The molecule has 0 aliphatic carbocycles. The summed E-state index contributed by atoms with van der Waals surface area (Å²) in [5.74, 6) is -1.40. The minimum absolute atomic E-state index is 0.112. The number of barbiturate groups is 1. The maximum Gasteiger partial charge on any atom is 0.335 e. The van der Waals surface area contributed by atoms with Crippen molar-refractivity contribution in [2.45, 2.75) is 20.8 Å². The van der Waals surface area contributed by atoms with Gasteiger partial charge >= 0.3 is 6.03 Å². The second-order valence-electron chi connectivity index (χ2n) is 6.61. The largest absolute Gasteiger partial charge is 0.372 e. The molecule has 0 bridgehead atoms. The van der Waals surface area contributed by atoms with E-state index in [4.69, 9.17) is 11.6 Å². The second-order valence-corrected chi connectivity index (χ2v) is 7.01. The van der Waals surface area contributed by atoms with E-state index in [1.807, 2.05) is 24.3 Å². The zero-order chi connectivity index (χ0) is 21.1. The van der Waals surface area contributed by atoms with E-state index in [-0.39, 0.29) is 5.57 Å². The number of rotatable bonds is 5. The van der Waals surface area contributed by atoms with Crippen LogP contribution >= 0.6 is 11.6 Å². The third-order valence-corrected chi connectivity index (χ3v) is 5.32. The number of anilines is 2. The van der Waals surface area contributed by atoms with Crippen LogP contribution in [0.4, 0.5) is 16.2 Å². The van der Waals surface area contributed by atoms with Crippen molar-refractivity contribution in [2.24, 2.45) is 0 Å². The molecule has 2 aromatic rings. The van der Waals surface area contributed by atoms with Gasteiger partial charge < -0.3 is 4.90 Å². The summed E-state index contributed by atoms with van der Waals surface area (Å²) in [4.78, 5) is 40.8. The number of hydrogen-bond donors (Lipinski definition) is 1. The van der Waals surface area contributed by atoms with Crippen LogP contribution in [0.5, 0.6) is 0 Å². The Bertz CT molecular complexity index is 995. The summed E-state index contributed by atoms with van der Waals surface area (Å²) in [5.41, 5.74) is 2.56. The van der Waals surface area contributed by atoms with Gasteiger partial charge in [-0.1, -0.05) is 29.8 Å². The van der Waals surface area contributed by atoms with E-state index in [1.54, 1.807) is 25.1 Å². The predicted molar refractivity (Wildman–Crippen MR) is 115 cm³/mol. The Labute approximate surface area is 174 Å². The molecule has 3 rings (SSSR count). The molecule has 150 valence electrons. The van der Waals surface area contributed by atoms with Crippen LogP contribution in [0.25, 0.3) is 6.08 Å². The van der Waals surface area contributed by atoms with Gasteiger partial charge in [0.1, 0.15) is 5.57 Å². The molecule has 29 heavy (non-hydrogen) atoms. The summed E-state index contributed by atoms with van der Waals surface area (Å²) in [6.45, 7) is 7.63. The van der Waals surface area contributed by atoms with E-state index < -0.39 is 17.8 Å². The highest BCUT2D eigenvalue weighted by atomic mass is 35.5. The lowest BCUT2D eigenvalue weighted by atomic mass is 10.1. The van der Waals surface area contributed by atoms with E-state index in [1.165, 1.54) is 6.08 Å². The molecule has 0 spiro atoms. The highest BCUT2D eigenvalue weighted by Gasteiger charge is 2.37. The molecule has 1 heterocycles. The number of nitrogens with one attached hydrogen (secondary N) is 1. The Morgan fingerprint density at radius 2 is 1.69 bits per heavy atom. The Kier molecular flexibility index (Phi) is 6.03. The van der Waals surface area contributed by atoms with Crippen molar-refractivity contribution in [3.05, 3.63) is 64.2 Å². The monoisotopic (exact) mass is 411 g/mol. The highest BCUT2D eigenvalue weighted by Crippen LogP contribution is 2.29. The van der Waals surface area contributed by atoms with Crippen molar-refractivity contribution < 1.29 is 14.4 Å². The molecule has 0 saturated carbocycles. The molecule has 2 aromatic carbocycles. The quantitative estimate of drug-likeness (QED) is 0.592. The van der Waals surface area contributed by atoms with Crippen LogP contribution in [0.2, 0.25) is 5.02 Å². The zero-order valence-corrected chi connectivity index (χ0v) is 17.3. The molecule has 1 aliphatic rings. The normalized spacial score (nSPS) is 15.7. The first-order chi connectivity index (χ1) is 13.9. The number of nitrogens with zero attached hydrogens (tertiary/aromatic N) is 2. The smallest absolute Gasteiger partial charge is 0.335 e. The first-order valence-corrected chi connectivity index (χ1v) is 9.76. The lowest BCUT2D eigenvalue weighted by molar-refractivity contribution is -0.122. The summed E-state index contributed by atoms with van der Waals surface area (Å²) in [6.07, 6.45) is 1.49. The van der Waals surface area contributed by atoms with Gasteiger partial charge in [0.05, 0.1) is 5.69 Å². The minimum atomic E-state index is -0.792. The molecule has 4 amide bonds. The van der Waals surface area contributed by atoms with Gasteiger partial charge in [0.2, 0.25) is 0 Å². The fraction of sp³-hybridized carbons (Fsp3) is 0.227. The third-order valence-electron chi connectivity index (χ3n) is 4.91. The number of amides is 4. The maximum absolute atomic E-state index is 13.0. The van der Waals surface area contributed by atoms with E-state index >= 15 is 0 Å². The summed E-state index contributed by atoms with van der Waals surface area (Å²) < 4.78 is 0. The summed E-state index contributed by atoms with van der Waals surface area (Å²) in [5, 5.41) is 2.66. The van der Waals surface area contributed by atoms with Gasteiger partial charge in [-0.05, 0) is 62.2 Å². The van der Waals surface area contributed by atoms with Crippen LogP contribution in [0.15, 0.2) is 48.0 Å². The standard InChI is InChI=1S/C22H22ClN3O3/c1-4-25(5-2)16-11-9-15(10-12-16)13-17-20(27)24-22(29)26(21(17)28)19-8-6-7-18(23)14(19)3/h6-13H,4-5H2,1-3H3,(H,24,27,29)/b17-13-. The molecular formula is C22H22ClN3O3. The van der Waals surface area contributed by atoms with Crippen molar-refractivity contribution in [3.8, 4) is 0 Å². The molecule has 7 heteroatoms. The SMILES string of the molecule is CCN(CC)c1ccc(/C=C2/C(=O)NC(=O)N(c3cccc(Cl)c3C)C2=O)cc1. The second kappa shape index (κ2) is 8.49. The van der Waals surface area contributed by atoms with E-state index in [2.05, 4.69) is 24.1 Å². The van der Waals surface area contributed by atoms with Crippen molar-refractivity contribution in [1.29, 1.82) is 0 Å². The molecule has 0 atom stereocenters. The van der Waals surface area contributed by atoms with Gasteiger partial charge in [0.15, 0.2) is 0 Å².